The van der Waals surface area contributed by atoms with Gasteiger partial charge in [-0.2, -0.15) is 0 Å². The molecule has 5 heteroatoms. The Hall–Kier alpha value is -2.40. The Morgan fingerprint density at radius 2 is 2.07 bits per heavy atom. The van der Waals surface area contributed by atoms with E-state index in [0.29, 0.717) is 31.2 Å². The third-order valence-electron chi connectivity index (χ3n) is 5.71. The number of nitrogens with two attached hydrogens (primary N) is 1. The lowest BCUT2D eigenvalue weighted by Crippen LogP contribution is -2.53. The number of nitrogens with zero attached hydrogens (tertiary/aromatic N) is 1. The average Bonchev–Trinajstić information content (AvgIpc) is 2.86. The summed E-state index contributed by atoms with van der Waals surface area (Å²) < 4.78 is 0. The van der Waals surface area contributed by atoms with E-state index in [1.54, 1.807) is 11.9 Å². The number of rotatable bonds is 5. The molecule has 4 atom stereocenters. The highest BCUT2D eigenvalue weighted by molar-refractivity contribution is 5.90. The van der Waals surface area contributed by atoms with Crippen molar-refractivity contribution in [3.05, 3.63) is 60.2 Å². The van der Waals surface area contributed by atoms with Gasteiger partial charge in [0.2, 0.25) is 11.8 Å². The fourth-order valence-electron chi connectivity index (χ4n) is 4.17. The Kier molecular flexibility index (Phi) is 6.45. The molecule has 1 aliphatic carbocycles. The Bertz CT molecular complexity index is 714. The Morgan fingerprint density at radius 3 is 2.74 bits per heavy atom. The van der Waals surface area contributed by atoms with Gasteiger partial charge < -0.3 is 16.0 Å². The van der Waals surface area contributed by atoms with Gasteiger partial charge >= 0.3 is 0 Å². The van der Waals surface area contributed by atoms with Gasteiger partial charge in [0, 0.05) is 20.0 Å². The highest BCUT2D eigenvalue weighted by Crippen LogP contribution is 2.31. The van der Waals surface area contributed by atoms with Crippen LogP contribution in [0.25, 0.3) is 0 Å². The number of nitrogens with one attached hydrogen (secondary N) is 1. The molecule has 3 N–H and O–H groups in total. The van der Waals surface area contributed by atoms with Crippen molar-refractivity contribution in [1.82, 2.24) is 10.2 Å². The van der Waals surface area contributed by atoms with Crippen molar-refractivity contribution in [2.75, 3.05) is 13.6 Å². The van der Waals surface area contributed by atoms with E-state index in [4.69, 9.17) is 5.73 Å². The van der Waals surface area contributed by atoms with Crippen LogP contribution in [-0.2, 0) is 16.0 Å². The molecule has 1 fully saturated rings. The van der Waals surface area contributed by atoms with E-state index in [0.717, 1.165) is 18.4 Å². The number of carbonyl (C=O) groups excluding carboxylic acids is 2. The van der Waals surface area contributed by atoms with Crippen LogP contribution in [0.1, 0.15) is 24.8 Å². The van der Waals surface area contributed by atoms with E-state index < -0.39 is 12.1 Å². The van der Waals surface area contributed by atoms with Crippen molar-refractivity contribution in [2.45, 2.75) is 37.8 Å². The highest BCUT2D eigenvalue weighted by atomic mass is 16.2. The monoisotopic (exact) mass is 367 g/mol. The van der Waals surface area contributed by atoms with Crippen molar-refractivity contribution in [3.8, 4) is 0 Å². The first-order valence-electron chi connectivity index (χ1n) is 9.75. The van der Waals surface area contributed by atoms with Crippen LogP contribution in [0.2, 0.25) is 0 Å². The van der Waals surface area contributed by atoms with E-state index in [2.05, 4.69) is 29.6 Å². The number of hydrogen-bond acceptors (Lipinski definition) is 3. The SMILES string of the molecule is CNC(=O)C(Cc1ccccc1)N1CCC([C@@H]2C=CC=CC2)CC(N)C1=O. The Balaban J connectivity index is 1.79. The van der Waals surface area contributed by atoms with Crippen LogP contribution in [0, 0.1) is 11.8 Å². The zero-order chi connectivity index (χ0) is 19.2. The minimum Gasteiger partial charge on any atom is -0.357 e. The van der Waals surface area contributed by atoms with Gasteiger partial charge in [-0.25, -0.2) is 0 Å². The standard InChI is InChI=1S/C22H29N3O2/c1-24-21(26)20(14-16-8-4-2-5-9-16)25-13-12-18(15-19(23)22(25)27)17-10-6-3-7-11-17/h2-10,17-20H,11-15,23H2,1H3,(H,24,26)/t17-,18?,19?,20?/m1/s1. The predicted molar refractivity (Wildman–Crippen MR) is 107 cm³/mol. The summed E-state index contributed by atoms with van der Waals surface area (Å²) in [4.78, 5) is 27.3. The van der Waals surface area contributed by atoms with Gasteiger partial charge in [0.1, 0.15) is 6.04 Å². The van der Waals surface area contributed by atoms with Crippen LogP contribution in [-0.4, -0.2) is 42.4 Å². The molecule has 2 aliphatic rings. The van der Waals surface area contributed by atoms with Crippen LogP contribution in [0.4, 0.5) is 0 Å². The number of allylic oxidation sites excluding steroid dienone is 4. The summed E-state index contributed by atoms with van der Waals surface area (Å²) in [7, 11) is 1.62. The minimum absolute atomic E-state index is 0.114. The summed E-state index contributed by atoms with van der Waals surface area (Å²) in [5.74, 6) is 0.522. The van der Waals surface area contributed by atoms with E-state index in [1.165, 1.54) is 0 Å². The Morgan fingerprint density at radius 1 is 1.30 bits per heavy atom. The molecule has 1 aromatic rings. The summed E-state index contributed by atoms with van der Waals surface area (Å²) in [6, 6.07) is 8.73. The zero-order valence-corrected chi connectivity index (χ0v) is 15.9. The van der Waals surface area contributed by atoms with Gasteiger partial charge in [-0.15, -0.1) is 0 Å². The first-order valence-corrected chi connectivity index (χ1v) is 9.75. The number of hydrogen-bond donors (Lipinski definition) is 2. The van der Waals surface area contributed by atoms with Gasteiger partial charge in [0.15, 0.2) is 0 Å². The van der Waals surface area contributed by atoms with Crippen LogP contribution < -0.4 is 11.1 Å². The maximum Gasteiger partial charge on any atom is 0.242 e. The lowest BCUT2D eigenvalue weighted by Gasteiger charge is -2.31. The molecule has 0 aromatic heterocycles. The molecule has 0 bridgehead atoms. The van der Waals surface area contributed by atoms with E-state index >= 15 is 0 Å². The molecule has 1 aliphatic heterocycles. The third-order valence-corrected chi connectivity index (χ3v) is 5.71. The molecular formula is C22H29N3O2. The van der Waals surface area contributed by atoms with Crippen LogP contribution >= 0.6 is 0 Å². The summed E-state index contributed by atoms with van der Waals surface area (Å²) in [5, 5.41) is 2.72. The predicted octanol–water partition coefficient (Wildman–Crippen LogP) is 2.04. The third kappa shape index (κ3) is 4.66. The summed E-state index contributed by atoms with van der Waals surface area (Å²) >= 11 is 0. The normalized spacial score (nSPS) is 26.5. The van der Waals surface area contributed by atoms with Crippen molar-refractivity contribution in [1.29, 1.82) is 0 Å². The first-order chi connectivity index (χ1) is 13.1. The molecule has 0 radical (unpaired) electrons. The molecule has 0 saturated carbocycles. The number of likely N-dealkylation sites (N-methyl/N-ethyl adjacent to an activating group) is 1. The summed E-state index contributed by atoms with van der Waals surface area (Å²) in [6.07, 6.45) is 11.6. The van der Waals surface area contributed by atoms with Crippen molar-refractivity contribution in [2.24, 2.45) is 17.6 Å². The first kappa shape index (κ1) is 19.4. The van der Waals surface area contributed by atoms with E-state index in [9.17, 15) is 9.59 Å². The second kappa shape index (κ2) is 9.00. The van der Waals surface area contributed by atoms with Crippen LogP contribution in [0.5, 0.6) is 0 Å². The molecule has 3 unspecified atom stereocenters. The molecule has 27 heavy (non-hydrogen) atoms. The number of amides is 2. The highest BCUT2D eigenvalue weighted by Gasteiger charge is 2.37. The van der Waals surface area contributed by atoms with Crippen molar-refractivity contribution in [3.63, 3.8) is 0 Å². The quantitative estimate of drug-likeness (QED) is 0.836. The van der Waals surface area contributed by atoms with E-state index in [1.807, 2.05) is 30.3 Å². The molecule has 144 valence electrons. The maximum absolute atomic E-state index is 13.0. The van der Waals surface area contributed by atoms with Gasteiger partial charge in [-0.05, 0) is 36.7 Å². The van der Waals surface area contributed by atoms with Gasteiger partial charge in [0.25, 0.3) is 0 Å². The lowest BCUT2D eigenvalue weighted by atomic mass is 9.81. The van der Waals surface area contributed by atoms with Crippen molar-refractivity contribution < 1.29 is 9.59 Å². The number of benzene rings is 1. The molecule has 1 heterocycles. The second-order valence-electron chi connectivity index (χ2n) is 7.45. The van der Waals surface area contributed by atoms with Gasteiger partial charge in [-0.1, -0.05) is 54.6 Å². The lowest BCUT2D eigenvalue weighted by molar-refractivity contribution is -0.140. The zero-order valence-electron chi connectivity index (χ0n) is 15.9. The molecule has 2 amide bonds. The smallest absolute Gasteiger partial charge is 0.242 e. The molecule has 5 nitrogen and oxygen atoms in total. The molecule has 1 aromatic carbocycles. The second-order valence-corrected chi connectivity index (χ2v) is 7.45. The Labute approximate surface area is 161 Å². The topological polar surface area (TPSA) is 75.4 Å². The summed E-state index contributed by atoms with van der Waals surface area (Å²) in [5.41, 5.74) is 7.31. The fourth-order valence-corrected chi connectivity index (χ4v) is 4.17. The molecule has 1 saturated heterocycles. The van der Waals surface area contributed by atoms with E-state index in [-0.39, 0.29) is 11.8 Å². The number of likely N-dealkylation sites (tertiary alicyclic amines) is 1. The maximum atomic E-state index is 13.0. The summed E-state index contributed by atoms with van der Waals surface area (Å²) in [6.45, 7) is 0.566. The largest absolute Gasteiger partial charge is 0.357 e. The minimum atomic E-state index is -0.556. The molecule has 0 spiro atoms. The fraction of sp³-hybridized carbons (Fsp3) is 0.455. The molecule has 3 rings (SSSR count). The van der Waals surface area contributed by atoms with Crippen molar-refractivity contribution >= 4 is 11.8 Å². The van der Waals surface area contributed by atoms with Gasteiger partial charge in [0.05, 0.1) is 6.04 Å². The average molecular weight is 367 g/mol. The number of carbonyl (C=O) groups is 2. The van der Waals surface area contributed by atoms with Crippen LogP contribution in [0.3, 0.4) is 0 Å². The van der Waals surface area contributed by atoms with Gasteiger partial charge in [-0.3, -0.25) is 9.59 Å². The van der Waals surface area contributed by atoms with Crippen LogP contribution in [0.15, 0.2) is 54.6 Å². The molecular weight excluding hydrogens is 338 g/mol.